The Morgan fingerprint density at radius 3 is 2.56 bits per heavy atom. The SMILES string of the molecule is CC(C(N)=S)N(C)C(=O)c1cc(Cl)sc1Cl. The number of likely N-dealkylation sites (N-methyl/N-ethyl adjacent to an activating group) is 1. The van der Waals surface area contributed by atoms with Gasteiger partial charge in [0.25, 0.3) is 5.91 Å². The van der Waals surface area contributed by atoms with Crippen LogP contribution in [0.15, 0.2) is 6.07 Å². The van der Waals surface area contributed by atoms with Crippen LogP contribution in [-0.2, 0) is 0 Å². The lowest BCUT2D eigenvalue weighted by Crippen LogP contribution is -2.42. The molecule has 1 aromatic rings. The highest BCUT2D eigenvalue weighted by atomic mass is 35.5. The lowest BCUT2D eigenvalue weighted by atomic mass is 10.2. The van der Waals surface area contributed by atoms with Gasteiger partial charge in [-0.15, -0.1) is 11.3 Å². The van der Waals surface area contributed by atoms with Crippen LogP contribution in [0.25, 0.3) is 0 Å². The van der Waals surface area contributed by atoms with Gasteiger partial charge in [-0.25, -0.2) is 0 Å². The summed E-state index contributed by atoms with van der Waals surface area (Å²) in [6.07, 6.45) is 0. The summed E-state index contributed by atoms with van der Waals surface area (Å²) in [6.45, 7) is 1.75. The van der Waals surface area contributed by atoms with Gasteiger partial charge in [0.05, 0.1) is 20.9 Å². The van der Waals surface area contributed by atoms with E-state index in [9.17, 15) is 4.79 Å². The molecule has 2 N–H and O–H groups in total. The molecular formula is C9H10Cl2N2OS2. The average Bonchev–Trinajstić information content (AvgIpc) is 2.54. The highest BCUT2D eigenvalue weighted by Crippen LogP contribution is 2.31. The summed E-state index contributed by atoms with van der Waals surface area (Å²) >= 11 is 17.6. The molecule has 0 aliphatic carbocycles. The summed E-state index contributed by atoms with van der Waals surface area (Å²) in [6, 6.07) is 1.22. The van der Waals surface area contributed by atoms with Crippen molar-refractivity contribution in [3.05, 3.63) is 20.3 Å². The van der Waals surface area contributed by atoms with Crippen LogP contribution in [0.5, 0.6) is 0 Å². The van der Waals surface area contributed by atoms with Gasteiger partial charge >= 0.3 is 0 Å². The molecule has 0 aliphatic heterocycles. The van der Waals surface area contributed by atoms with Crippen LogP contribution in [0, 0.1) is 0 Å². The number of nitrogens with two attached hydrogens (primary N) is 1. The highest BCUT2D eigenvalue weighted by molar-refractivity contribution is 7.80. The van der Waals surface area contributed by atoms with Crippen LogP contribution in [0.4, 0.5) is 0 Å². The molecule has 3 nitrogen and oxygen atoms in total. The second-order valence-corrected chi connectivity index (χ2v) is 5.99. The summed E-state index contributed by atoms with van der Waals surface area (Å²) < 4.78 is 0.849. The smallest absolute Gasteiger partial charge is 0.256 e. The normalized spacial score (nSPS) is 12.2. The van der Waals surface area contributed by atoms with Crippen LogP contribution in [0.2, 0.25) is 8.67 Å². The zero-order chi connectivity index (χ0) is 12.5. The number of rotatable bonds is 3. The molecular weight excluding hydrogens is 287 g/mol. The molecule has 88 valence electrons. The number of carbonyl (C=O) groups is 1. The lowest BCUT2D eigenvalue weighted by Gasteiger charge is -2.23. The zero-order valence-corrected chi connectivity index (χ0v) is 11.8. The molecule has 1 amide bonds. The minimum absolute atomic E-state index is 0.242. The molecule has 7 heteroatoms. The zero-order valence-electron chi connectivity index (χ0n) is 8.66. The highest BCUT2D eigenvalue weighted by Gasteiger charge is 2.22. The van der Waals surface area contributed by atoms with Gasteiger partial charge in [0.15, 0.2) is 0 Å². The van der Waals surface area contributed by atoms with E-state index in [0.717, 1.165) is 11.3 Å². The van der Waals surface area contributed by atoms with Crippen molar-refractivity contribution >= 4 is 57.7 Å². The minimum Gasteiger partial charge on any atom is -0.392 e. The van der Waals surface area contributed by atoms with Gasteiger partial charge < -0.3 is 10.6 Å². The monoisotopic (exact) mass is 296 g/mol. The van der Waals surface area contributed by atoms with Gasteiger partial charge in [0, 0.05) is 7.05 Å². The van der Waals surface area contributed by atoms with Gasteiger partial charge in [0.1, 0.15) is 4.34 Å². The third kappa shape index (κ3) is 2.85. The maximum absolute atomic E-state index is 12.0. The van der Waals surface area contributed by atoms with Crippen LogP contribution in [-0.4, -0.2) is 28.9 Å². The van der Waals surface area contributed by atoms with E-state index in [1.807, 2.05) is 0 Å². The van der Waals surface area contributed by atoms with Gasteiger partial charge in [-0.1, -0.05) is 35.4 Å². The van der Waals surface area contributed by atoms with Crippen LogP contribution in [0.1, 0.15) is 17.3 Å². The molecule has 0 radical (unpaired) electrons. The summed E-state index contributed by atoms with van der Waals surface area (Å²) in [5.74, 6) is -0.242. The number of hydrogen-bond donors (Lipinski definition) is 1. The molecule has 0 spiro atoms. The maximum atomic E-state index is 12.0. The number of hydrogen-bond acceptors (Lipinski definition) is 3. The quantitative estimate of drug-likeness (QED) is 0.873. The first-order valence-corrected chi connectivity index (χ1v) is 6.34. The molecule has 0 fully saturated rings. The minimum atomic E-state index is -0.322. The number of nitrogens with zero attached hydrogens (tertiary/aromatic N) is 1. The fourth-order valence-corrected chi connectivity index (χ4v) is 2.65. The number of thiophene rings is 1. The molecule has 1 atom stereocenters. The van der Waals surface area contributed by atoms with E-state index in [4.69, 9.17) is 41.2 Å². The summed E-state index contributed by atoms with van der Waals surface area (Å²) in [5.41, 5.74) is 5.85. The fraction of sp³-hybridized carbons (Fsp3) is 0.333. The van der Waals surface area contributed by atoms with Crippen molar-refractivity contribution in [1.82, 2.24) is 4.90 Å². The van der Waals surface area contributed by atoms with Crippen molar-refractivity contribution in [3.8, 4) is 0 Å². The molecule has 1 heterocycles. The average molecular weight is 297 g/mol. The lowest BCUT2D eigenvalue weighted by molar-refractivity contribution is 0.0779. The fourth-order valence-electron chi connectivity index (χ4n) is 1.04. The van der Waals surface area contributed by atoms with E-state index in [1.165, 1.54) is 4.90 Å². The first-order chi connectivity index (χ1) is 7.34. The van der Waals surface area contributed by atoms with E-state index in [-0.39, 0.29) is 16.9 Å². The van der Waals surface area contributed by atoms with E-state index < -0.39 is 0 Å². The van der Waals surface area contributed by atoms with E-state index in [1.54, 1.807) is 20.0 Å². The number of halogens is 2. The number of carbonyl (C=O) groups excluding carboxylic acids is 1. The Hall–Kier alpha value is -0.360. The molecule has 0 aliphatic rings. The van der Waals surface area contributed by atoms with Crippen LogP contribution in [0.3, 0.4) is 0 Å². The van der Waals surface area contributed by atoms with Crippen molar-refractivity contribution in [1.29, 1.82) is 0 Å². The third-order valence-corrected chi connectivity index (χ3v) is 4.03. The third-order valence-electron chi connectivity index (χ3n) is 2.20. The van der Waals surface area contributed by atoms with Crippen molar-refractivity contribution in [2.45, 2.75) is 13.0 Å². The van der Waals surface area contributed by atoms with Gasteiger partial charge in [-0.05, 0) is 13.0 Å². The van der Waals surface area contributed by atoms with E-state index in [0.29, 0.717) is 14.2 Å². The second-order valence-electron chi connectivity index (χ2n) is 3.23. The Bertz CT molecular complexity index is 433. The van der Waals surface area contributed by atoms with Crippen LogP contribution >= 0.6 is 46.8 Å². The molecule has 0 aromatic carbocycles. The first kappa shape index (κ1) is 13.7. The second kappa shape index (κ2) is 5.31. The van der Waals surface area contributed by atoms with Crippen molar-refractivity contribution in [2.75, 3.05) is 7.05 Å². The van der Waals surface area contributed by atoms with Gasteiger partial charge in [-0.2, -0.15) is 0 Å². The predicted octanol–water partition coefficient (Wildman–Crippen LogP) is 2.80. The Morgan fingerprint density at radius 1 is 1.62 bits per heavy atom. The van der Waals surface area contributed by atoms with Gasteiger partial charge in [-0.3, -0.25) is 4.79 Å². The predicted molar refractivity (Wildman–Crippen MR) is 72.7 cm³/mol. The van der Waals surface area contributed by atoms with E-state index in [2.05, 4.69) is 0 Å². The van der Waals surface area contributed by atoms with E-state index >= 15 is 0 Å². The maximum Gasteiger partial charge on any atom is 0.256 e. The Labute approximate surface area is 113 Å². The molecule has 16 heavy (non-hydrogen) atoms. The molecule has 1 unspecified atom stereocenters. The largest absolute Gasteiger partial charge is 0.392 e. The molecule has 1 aromatic heterocycles. The topological polar surface area (TPSA) is 46.3 Å². The molecule has 0 saturated heterocycles. The molecule has 0 saturated carbocycles. The molecule has 1 rings (SSSR count). The standard InChI is InChI=1S/C9H10Cl2N2OS2/c1-4(8(12)15)13(2)9(14)5-3-6(10)16-7(5)11/h3-4H,1-2H3,(H2,12,15). The van der Waals surface area contributed by atoms with Crippen LogP contribution < -0.4 is 5.73 Å². The Kier molecular flexibility index (Phi) is 4.55. The van der Waals surface area contributed by atoms with Gasteiger partial charge in [0.2, 0.25) is 0 Å². The Morgan fingerprint density at radius 2 is 2.19 bits per heavy atom. The Balaban J connectivity index is 2.94. The first-order valence-electron chi connectivity index (χ1n) is 4.36. The summed E-state index contributed by atoms with van der Waals surface area (Å²) in [7, 11) is 1.62. The summed E-state index contributed by atoms with van der Waals surface area (Å²) in [5, 5.41) is 0. The van der Waals surface area contributed by atoms with Crippen molar-refractivity contribution < 1.29 is 4.79 Å². The number of amides is 1. The summed E-state index contributed by atoms with van der Waals surface area (Å²) in [4.78, 5) is 13.7. The molecule has 0 bridgehead atoms. The van der Waals surface area contributed by atoms with Crippen molar-refractivity contribution in [3.63, 3.8) is 0 Å². The van der Waals surface area contributed by atoms with Crippen molar-refractivity contribution in [2.24, 2.45) is 5.73 Å². The number of thiocarbonyl (C=S) groups is 1.